The fraction of sp³-hybridized carbons (Fsp3) is 0.250. The minimum Gasteiger partial charge on any atom is -0.396 e. The van der Waals surface area contributed by atoms with Gasteiger partial charge < -0.3 is 10.4 Å². The summed E-state index contributed by atoms with van der Waals surface area (Å²) in [6, 6.07) is 16.8. The van der Waals surface area contributed by atoms with E-state index < -0.39 is 0 Å². The first-order valence-electron chi connectivity index (χ1n) is 6.38. The van der Waals surface area contributed by atoms with Crippen molar-refractivity contribution in [3.63, 3.8) is 0 Å². The molecule has 0 saturated carbocycles. The second-order valence-corrected chi connectivity index (χ2v) is 5.25. The number of anilines is 1. The lowest BCUT2D eigenvalue weighted by Gasteiger charge is -2.08. The van der Waals surface area contributed by atoms with Gasteiger partial charge in [-0.25, -0.2) is 0 Å². The quantitative estimate of drug-likeness (QED) is 0.789. The molecule has 2 rings (SSSR count). The van der Waals surface area contributed by atoms with Crippen molar-refractivity contribution in [1.29, 1.82) is 0 Å². The fourth-order valence-electron chi connectivity index (χ4n) is 1.87. The van der Waals surface area contributed by atoms with Crippen LogP contribution in [0.2, 0.25) is 0 Å². The van der Waals surface area contributed by atoms with Gasteiger partial charge in [0.05, 0.1) is 0 Å². The summed E-state index contributed by atoms with van der Waals surface area (Å²) in [6.45, 7) is 1.03. The monoisotopic (exact) mass is 273 g/mol. The largest absolute Gasteiger partial charge is 0.396 e. The van der Waals surface area contributed by atoms with E-state index >= 15 is 0 Å². The first-order valence-corrected chi connectivity index (χ1v) is 7.61. The minimum atomic E-state index is 0.203. The molecule has 0 bridgehead atoms. The molecule has 0 atom stereocenters. The van der Waals surface area contributed by atoms with Gasteiger partial charge in [0.15, 0.2) is 0 Å². The van der Waals surface area contributed by atoms with E-state index in [1.165, 1.54) is 10.5 Å². The Labute approximate surface area is 118 Å². The van der Waals surface area contributed by atoms with E-state index in [9.17, 15) is 0 Å². The summed E-state index contributed by atoms with van der Waals surface area (Å²) >= 11 is 1.76. The summed E-state index contributed by atoms with van der Waals surface area (Å²) in [7, 11) is 0. The topological polar surface area (TPSA) is 32.3 Å². The Morgan fingerprint density at radius 2 is 1.58 bits per heavy atom. The lowest BCUT2D eigenvalue weighted by atomic mass is 10.1. The Morgan fingerprint density at radius 3 is 2.16 bits per heavy atom. The first kappa shape index (κ1) is 14.0. The Balaban J connectivity index is 1.90. The zero-order valence-electron chi connectivity index (χ0n) is 11.1. The fourth-order valence-corrected chi connectivity index (χ4v) is 2.27. The summed E-state index contributed by atoms with van der Waals surface area (Å²) in [4.78, 5) is 1.29. The van der Waals surface area contributed by atoms with Gasteiger partial charge in [0, 0.05) is 23.7 Å². The summed E-state index contributed by atoms with van der Waals surface area (Å²) in [5.74, 6) is 0. The zero-order valence-corrected chi connectivity index (χ0v) is 11.9. The van der Waals surface area contributed by atoms with Gasteiger partial charge in [-0.15, -0.1) is 11.8 Å². The molecule has 0 aliphatic rings. The van der Waals surface area contributed by atoms with E-state index in [2.05, 4.69) is 60.1 Å². The number of benzene rings is 2. The Morgan fingerprint density at radius 1 is 0.947 bits per heavy atom. The van der Waals surface area contributed by atoms with Crippen LogP contribution in [0.25, 0.3) is 0 Å². The molecule has 0 saturated heterocycles. The van der Waals surface area contributed by atoms with E-state index in [1.807, 2.05) is 0 Å². The summed E-state index contributed by atoms with van der Waals surface area (Å²) in [5, 5.41) is 12.3. The van der Waals surface area contributed by atoms with E-state index in [1.54, 1.807) is 11.8 Å². The van der Waals surface area contributed by atoms with Gasteiger partial charge in [0.25, 0.3) is 0 Å². The third-order valence-corrected chi connectivity index (χ3v) is 3.75. The molecule has 0 aromatic heterocycles. The van der Waals surface area contributed by atoms with Crippen molar-refractivity contribution < 1.29 is 5.11 Å². The van der Waals surface area contributed by atoms with Crippen LogP contribution in [0.15, 0.2) is 53.4 Å². The predicted molar refractivity (Wildman–Crippen MR) is 82.8 cm³/mol. The first-order chi connectivity index (χ1) is 9.31. The Hall–Kier alpha value is -1.45. The van der Waals surface area contributed by atoms with Gasteiger partial charge >= 0.3 is 0 Å². The van der Waals surface area contributed by atoms with Gasteiger partial charge in [-0.3, -0.25) is 0 Å². The average molecular weight is 273 g/mol. The molecule has 100 valence electrons. The van der Waals surface area contributed by atoms with Crippen LogP contribution in [0.1, 0.15) is 11.1 Å². The summed E-state index contributed by atoms with van der Waals surface area (Å²) in [6.07, 6.45) is 2.80. The predicted octanol–water partition coefficient (Wildman–Crippen LogP) is 3.56. The second-order valence-electron chi connectivity index (χ2n) is 4.37. The highest BCUT2D eigenvalue weighted by atomic mass is 32.2. The van der Waals surface area contributed by atoms with Crippen molar-refractivity contribution >= 4 is 17.4 Å². The number of aliphatic hydroxyl groups is 1. The lowest BCUT2D eigenvalue weighted by molar-refractivity contribution is 0.299. The SMILES string of the molecule is CSc1ccc(CNc2ccc(CCO)cc2)cc1. The van der Waals surface area contributed by atoms with Crippen molar-refractivity contribution in [1.82, 2.24) is 0 Å². The van der Waals surface area contributed by atoms with Crippen LogP contribution in [-0.2, 0) is 13.0 Å². The van der Waals surface area contributed by atoms with E-state index in [-0.39, 0.29) is 6.61 Å². The van der Waals surface area contributed by atoms with Gasteiger partial charge in [0.1, 0.15) is 0 Å². The molecule has 0 amide bonds. The molecule has 2 aromatic carbocycles. The van der Waals surface area contributed by atoms with E-state index in [0.29, 0.717) is 0 Å². The molecular formula is C16H19NOS. The normalized spacial score (nSPS) is 10.4. The molecular weight excluding hydrogens is 254 g/mol. The van der Waals surface area contributed by atoms with Crippen molar-refractivity contribution in [2.24, 2.45) is 0 Å². The van der Waals surface area contributed by atoms with Crippen molar-refractivity contribution in [2.45, 2.75) is 17.9 Å². The molecule has 0 unspecified atom stereocenters. The van der Waals surface area contributed by atoms with Gasteiger partial charge in [-0.2, -0.15) is 0 Å². The van der Waals surface area contributed by atoms with Crippen LogP contribution >= 0.6 is 11.8 Å². The number of hydrogen-bond donors (Lipinski definition) is 2. The summed E-state index contributed by atoms with van der Waals surface area (Å²) in [5.41, 5.74) is 3.55. The van der Waals surface area contributed by atoms with E-state index in [4.69, 9.17) is 5.11 Å². The maximum absolute atomic E-state index is 8.87. The Bertz CT molecular complexity index is 493. The number of nitrogens with one attached hydrogen (secondary N) is 1. The van der Waals surface area contributed by atoms with E-state index in [0.717, 1.165) is 24.2 Å². The van der Waals surface area contributed by atoms with Crippen LogP contribution in [0.4, 0.5) is 5.69 Å². The number of thioether (sulfide) groups is 1. The van der Waals surface area contributed by atoms with Crippen LogP contribution in [0, 0.1) is 0 Å². The molecule has 0 aliphatic carbocycles. The second kappa shape index (κ2) is 7.22. The average Bonchev–Trinajstić information content (AvgIpc) is 2.47. The van der Waals surface area contributed by atoms with Crippen LogP contribution in [0.3, 0.4) is 0 Å². The smallest absolute Gasteiger partial charge is 0.0471 e. The number of hydrogen-bond acceptors (Lipinski definition) is 3. The molecule has 2 N–H and O–H groups in total. The lowest BCUT2D eigenvalue weighted by Crippen LogP contribution is -1.99. The molecule has 0 spiro atoms. The molecule has 2 aromatic rings. The highest BCUT2D eigenvalue weighted by molar-refractivity contribution is 7.98. The third-order valence-electron chi connectivity index (χ3n) is 3.01. The summed E-state index contributed by atoms with van der Waals surface area (Å²) < 4.78 is 0. The molecule has 2 nitrogen and oxygen atoms in total. The maximum Gasteiger partial charge on any atom is 0.0471 e. The molecule has 0 fully saturated rings. The van der Waals surface area contributed by atoms with Crippen LogP contribution in [0.5, 0.6) is 0 Å². The minimum absolute atomic E-state index is 0.203. The molecule has 3 heteroatoms. The molecule has 0 heterocycles. The maximum atomic E-state index is 8.87. The highest BCUT2D eigenvalue weighted by Gasteiger charge is 1.96. The van der Waals surface area contributed by atoms with Crippen molar-refractivity contribution in [3.05, 3.63) is 59.7 Å². The number of aliphatic hydroxyl groups excluding tert-OH is 1. The van der Waals surface area contributed by atoms with Crippen LogP contribution < -0.4 is 5.32 Å². The highest BCUT2D eigenvalue weighted by Crippen LogP contribution is 2.16. The van der Waals surface area contributed by atoms with Gasteiger partial charge in [-0.1, -0.05) is 24.3 Å². The zero-order chi connectivity index (χ0) is 13.5. The molecule has 19 heavy (non-hydrogen) atoms. The van der Waals surface area contributed by atoms with Crippen LogP contribution in [-0.4, -0.2) is 18.0 Å². The van der Waals surface area contributed by atoms with Crippen molar-refractivity contribution in [2.75, 3.05) is 18.2 Å². The van der Waals surface area contributed by atoms with Gasteiger partial charge in [0.2, 0.25) is 0 Å². The number of rotatable bonds is 6. The third kappa shape index (κ3) is 4.30. The van der Waals surface area contributed by atoms with Gasteiger partial charge in [-0.05, 0) is 48.1 Å². The van der Waals surface area contributed by atoms with Crippen molar-refractivity contribution in [3.8, 4) is 0 Å². The molecule has 0 aliphatic heterocycles. The standard InChI is InChI=1S/C16H19NOS/c1-19-16-8-4-14(5-9-16)12-17-15-6-2-13(3-7-15)10-11-18/h2-9,17-18H,10-12H2,1H3. The molecule has 0 radical (unpaired) electrons. The Kier molecular flexibility index (Phi) is 5.31.